The van der Waals surface area contributed by atoms with Gasteiger partial charge in [-0.05, 0) is 53.6 Å². The Bertz CT molecular complexity index is 3210. The van der Waals surface area contributed by atoms with E-state index in [0.717, 1.165) is 66.6 Å². The maximum absolute atomic E-state index is 5.37. The van der Waals surface area contributed by atoms with Gasteiger partial charge >= 0.3 is 0 Å². The Morgan fingerprint density at radius 2 is 0.842 bits per heavy atom. The Hall–Kier alpha value is -7.76. The van der Waals surface area contributed by atoms with E-state index in [9.17, 15) is 0 Å². The highest BCUT2D eigenvalue weighted by Gasteiger charge is 2.20. The zero-order valence-corrected chi connectivity index (χ0v) is 30.8. The van der Waals surface area contributed by atoms with Crippen LogP contribution >= 0.6 is 0 Å². The van der Waals surface area contributed by atoms with E-state index in [1.165, 1.54) is 21.7 Å². The minimum Gasteiger partial charge on any atom is -0.309 e. The first-order chi connectivity index (χ1) is 28.3. The van der Waals surface area contributed by atoms with Crippen LogP contribution in [0.3, 0.4) is 0 Å². The third kappa shape index (κ3) is 5.64. The molecule has 0 fully saturated rings. The maximum Gasteiger partial charge on any atom is 0.164 e. The zero-order chi connectivity index (χ0) is 37.7. The lowest BCUT2D eigenvalue weighted by Gasteiger charge is -2.14. The van der Waals surface area contributed by atoms with Gasteiger partial charge in [-0.1, -0.05) is 158 Å². The van der Waals surface area contributed by atoms with Crippen LogP contribution in [0.5, 0.6) is 0 Å². The van der Waals surface area contributed by atoms with Crippen molar-refractivity contribution in [1.82, 2.24) is 24.5 Å². The highest BCUT2D eigenvalue weighted by Crippen LogP contribution is 2.43. The first kappa shape index (κ1) is 32.7. The van der Waals surface area contributed by atoms with E-state index < -0.39 is 0 Å². The summed E-state index contributed by atoms with van der Waals surface area (Å²) in [5.41, 5.74) is 11.4. The van der Waals surface area contributed by atoms with Crippen molar-refractivity contribution in [1.29, 1.82) is 0 Å². The summed E-state index contributed by atoms with van der Waals surface area (Å²) in [4.78, 5) is 20.3. The monoisotopic (exact) mass is 727 g/mol. The predicted molar refractivity (Wildman–Crippen MR) is 234 cm³/mol. The SMILES string of the molecule is c1ccc(-c2nc(-c3ccccc3)nc(-c3cccc(-c4ccc5nc(-c6ccccc6)c6ccc7c(c8ccccc8n7-c7ccccc7)c6c5c4)c3)n2)cc1. The maximum atomic E-state index is 5.37. The molecule has 0 aliphatic rings. The van der Waals surface area contributed by atoms with Crippen molar-refractivity contribution in [2.24, 2.45) is 0 Å². The molecule has 0 aliphatic carbocycles. The van der Waals surface area contributed by atoms with Crippen molar-refractivity contribution in [3.8, 4) is 62.2 Å². The van der Waals surface area contributed by atoms with Crippen LogP contribution in [0.1, 0.15) is 0 Å². The van der Waals surface area contributed by atoms with Crippen LogP contribution in [-0.4, -0.2) is 24.5 Å². The summed E-state index contributed by atoms with van der Waals surface area (Å²) in [6.45, 7) is 0. The quantitative estimate of drug-likeness (QED) is 0.160. The van der Waals surface area contributed by atoms with E-state index in [0.29, 0.717) is 17.5 Å². The Labute approximate surface area is 329 Å². The molecule has 0 amide bonds. The number of hydrogen-bond donors (Lipinski definition) is 0. The van der Waals surface area contributed by atoms with Crippen LogP contribution in [0.4, 0.5) is 0 Å². The first-order valence-corrected chi connectivity index (χ1v) is 19.1. The van der Waals surface area contributed by atoms with Crippen LogP contribution in [0.2, 0.25) is 0 Å². The number of fused-ring (bicyclic) bond motifs is 7. The second kappa shape index (κ2) is 13.5. The molecule has 11 rings (SSSR count). The molecule has 266 valence electrons. The number of benzene rings is 8. The van der Waals surface area contributed by atoms with E-state index in [1.807, 2.05) is 60.7 Å². The molecule has 11 aromatic rings. The van der Waals surface area contributed by atoms with Crippen LogP contribution < -0.4 is 0 Å². The Balaban J connectivity index is 1.15. The molecule has 5 heteroatoms. The summed E-state index contributed by atoms with van der Waals surface area (Å²) in [6.07, 6.45) is 0. The van der Waals surface area contributed by atoms with Gasteiger partial charge in [0.15, 0.2) is 17.5 Å². The number of rotatable bonds is 6. The predicted octanol–water partition coefficient (Wildman–Crippen LogP) is 13.0. The van der Waals surface area contributed by atoms with Gasteiger partial charge in [-0.3, -0.25) is 0 Å². The zero-order valence-electron chi connectivity index (χ0n) is 30.8. The smallest absolute Gasteiger partial charge is 0.164 e. The number of para-hydroxylation sites is 2. The third-order valence-corrected chi connectivity index (χ3v) is 10.8. The minimum atomic E-state index is 0.625. The van der Waals surface area contributed by atoms with Gasteiger partial charge in [0.2, 0.25) is 0 Å². The summed E-state index contributed by atoms with van der Waals surface area (Å²) in [5.74, 6) is 1.91. The van der Waals surface area contributed by atoms with E-state index in [1.54, 1.807) is 0 Å². The van der Waals surface area contributed by atoms with Crippen molar-refractivity contribution in [3.63, 3.8) is 0 Å². The van der Waals surface area contributed by atoms with Gasteiger partial charge in [0.25, 0.3) is 0 Å². The van der Waals surface area contributed by atoms with E-state index >= 15 is 0 Å². The molecule has 0 N–H and O–H groups in total. The van der Waals surface area contributed by atoms with Crippen LogP contribution in [0.25, 0.3) is 106 Å². The van der Waals surface area contributed by atoms with Gasteiger partial charge in [0.1, 0.15) is 0 Å². The van der Waals surface area contributed by atoms with Gasteiger partial charge in [0, 0.05) is 54.9 Å². The molecule has 3 heterocycles. The van der Waals surface area contributed by atoms with Crippen molar-refractivity contribution in [2.75, 3.05) is 0 Å². The number of hydrogen-bond acceptors (Lipinski definition) is 4. The average Bonchev–Trinajstić information content (AvgIpc) is 3.64. The van der Waals surface area contributed by atoms with Crippen LogP contribution in [0, 0.1) is 0 Å². The lowest BCUT2D eigenvalue weighted by Crippen LogP contribution is -2.00. The minimum absolute atomic E-state index is 0.625. The molecular weight excluding hydrogens is 695 g/mol. The van der Waals surface area contributed by atoms with Gasteiger partial charge in [-0.15, -0.1) is 0 Å². The fraction of sp³-hybridized carbons (Fsp3) is 0. The molecule has 0 spiro atoms. The van der Waals surface area contributed by atoms with Gasteiger partial charge in [-0.2, -0.15) is 0 Å². The Kier molecular flexibility index (Phi) is 7.74. The second-order valence-corrected chi connectivity index (χ2v) is 14.2. The lowest BCUT2D eigenvalue weighted by molar-refractivity contribution is 1.07. The van der Waals surface area contributed by atoms with Crippen LogP contribution in [0.15, 0.2) is 200 Å². The molecule has 8 aromatic carbocycles. The Morgan fingerprint density at radius 1 is 0.298 bits per heavy atom. The number of aromatic nitrogens is 5. The molecule has 5 nitrogen and oxygen atoms in total. The number of nitrogens with zero attached hydrogens (tertiary/aromatic N) is 5. The van der Waals surface area contributed by atoms with E-state index in [4.69, 9.17) is 19.9 Å². The highest BCUT2D eigenvalue weighted by molar-refractivity contribution is 6.29. The topological polar surface area (TPSA) is 56.5 Å². The van der Waals surface area contributed by atoms with Gasteiger partial charge in [-0.25, -0.2) is 19.9 Å². The second-order valence-electron chi connectivity index (χ2n) is 14.2. The molecule has 0 saturated heterocycles. The lowest BCUT2D eigenvalue weighted by atomic mass is 9.94. The van der Waals surface area contributed by atoms with Crippen molar-refractivity contribution in [2.45, 2.75) is 0 Å². The van der Waals surface area contributed by atoms with Crippen molar-refractivity contribution >= 4 is 43.5 Å². The van der Waals surface area contributed by atoms with Crippen molar-refractivity contribution in [3.05, 3.63) is 200 Å². The first-order valence-electron chi connectivity index (χ1n) is 19.1. The number of pyridine rings is 1. The molecule has 3 aromatic heterocycles. The molecule has 57 heavy (non-hydrogen) atoms. The highest BCUT2D eigenvalue weighted by atomic mass is 15.0. The fourth-order valence-corrected chi connectivity index (χ4v) is 8.18. The molecule has 0 atom stereocenters. The molecule has 0 aliphatic heterocycles. The fourth-order valence-electron chi connectivity index (χ4n) is 8.18. The van der Waals surface area contributed by atoms with Crippen molar-refractivity contribution < 1.29 is 0 Å². The van der Waals surface area contributed by atoms with Crippen LogP contribution in [-0.2, 0) is 0 Å². The standard InChI is InChI=1S/C52H33N5/c1-5-16-34(17-6-1)49-42-29-31-46-48(41-26-13-14-27-45(41)57(46)40-24-11-4-12-25-40)47(42)43-33-38(28-30-44(43)53-49)37-22-15-23-39(32-37)52-55-50(35-18-7-2-8-19-35)54-51(56-52)36-20-9-3-10-21-36/h1-33H. The largest absolute Gasteiger partial charge is 0.309 e. The average molecular weight is 728 g/mol. The molecule has 0 unspecified atom stereocenters. The summed E-state index contributed by atoms with van der Waals surface area (Å²) < 4.78 is 2.38. The normalized spacial score (nSPS) is 11.5. The van der Waals surface area contributed by atoms with Gasteiger partial charge < -0.3 is 4.57 Å². The summed E-state index contributed by atoms with van der Waals surface area (Å²) in [7, 11) is 0. The Morgan fingerprint density at radius 3 is 1.53 bits per heavy atom. The molecule has 0 bridgehead atoms. The summed E-state index contributed by atoms with van der Waals surface area (Å²) in [6, 6.07) is 69.8. The molecule has 0 saturated carbocycles. The third-order valence-electron chi connectivity index (χ3n) is 10.8. The molecular formula is C52H33N5. The summed E-state index contributed by atoms with van der Waals surface area (Å²) in [5, 5.41) is 5.84. The molecule has 0 radical (unpaired) electrons. The van der Waals surface area contributed by atoms with Gasteiger partial charge in [0.05, 0.1) is 22.2 Å². The van der Waals surface area contributed by atoms with E-state index in [-0.39, 0.29) is 0 Å². The summed E-state index contributed by atoms with van der Waals surface area (Å²) >= 11 is 0. The van der Waals surface area contributed by atoms with E-state index in [2.05, 4.69) is 144 Å².